The Labute approximate surface area is 196 Å². The highest BCUT2D eigenvalue weighted by Crippen LogP contribution is 2.31. The van der Waals surface area contributed by atoms with Crippen LogP contribution in [0, 0.1) is 11.6 Å². The van der Waals surface area contributed by atoms with Crippen LogP contribution < -0.4 is 4.74 Å². The number of hydrogen-bond donors (Lipinski definition) is 0. The Morgan fingerprint density at radius 2 is 1.91 bits per heavy atom. The van der Waals surface area contributed by atoms with Crippen molar-refractivity contribution in [1.29, 1.82) is 0 Å². The lowest BCUT2D eigenvalue weighted by Gasteiger charge is -2.33. The smallest absolute Gasteiger partial charge is 0.252 e. The van der Waals surface area contributed by atoms with Crippen LogP contribution in [0.5, 0.6) is 5.75 Å². The molecular formula is C23H25F2N3O3S2. The summed E-state index contributed by atoms with van der Waals surface area (Å²) in [7, 11) is -1.99. The maximum Gasteiger partial charge on any atom is 0.252 e. The maximum atomic E-state index is 13.4. The number of thiophene rings is 1. The normalized spacial score (nSPS) is 15.8. The summed E-state index contributed by atoms with van der Waals surface area (Å²) in [5.74, 6) is -1.50. The van der Waals surface area contributed by atoms with Crippen LogP contribution in [0.25, 0.3) is 10.6 Å². The molecule has 6 nitrogen and oxygen atoms in total. The van der Waals surface area contributed by atoms with Gasteiger partial charge in [-0.1, -0.05) is 6.07 Å². The fourth-order valence-corrected chi connectivity index (χ4v) is 6.31. The fourth-order valence-electron chi connectivity index (χ4n) is 3.65. The molecule has 0 aliphatic carbocycles. The number of pyridine rings is 1. The Morgan fingerprint density at radius 1 is 1.12 bits per heavy atom. The van der Waals surface area contributed by atoms with Crippen LogP contribution in [0.15, 0.2) is 58.9 Å². The lowest BCUT2D eigenvalue weighted by Crippen LogP contribution is -2.42. The number of rotatable bonds is 8. The first-order valence-electron chi connectivity index (χ1n) is 10.6. The Bertz CT molecular complexity index is 1180. The summed E-state index contributed by atoms with van der Waals surface area (Å²) >= 11 is 1.21. The molecule has 33 heavy (non-hydrogen) atoms. The van der Waals surface area contributed by atoms with Crippen LogP contribution in [-0.4, -0.2) is 61.9 Å². The van der Waals surface area contributed by atoms with E-state index in [-0.39, 0.29) is 6.10 Å². The Balaban J connectivity index is 1.27. The van der Waals surface area contributed by atoms with Crippen LogP contribution in [-0.2, 0) is 10.0 Å². The molecule has 4 rings (SSSR count). The molecule has 0 radical (unpaired) electrons. The van der Waals surface area contributed by atoms with E-state index in [4.69, 9.17) is 4.74 Å². The van der Waals surface area contributed by atoms with Crippen molar-refractivity contribution >= 4 is 21.4 Å². The van der Waals surface area contributed by atoms with Gasteiger partial charge < -0.3 is 9.64 Å². The third-order valence-electron chi connectivity index (χ3n) is 5.62. The molecule has 1 aliphatic rings. The highest BCUT2D eigenvalue weighted by molar-refractivity contribution is 7.91. The summed E-state index contributed by atoms with van der Waals surface area (Å²) in [4.78, 5) is 7.27. The van der Waals surface area contributed by atoms with Gasteiger partial charge in [0.1, 0.15) is 16.1 Å². The molecule has 0 bridgehead atoms. The predicted octanol–water partition coefficient (Wildman–Crippen LogP) is 4.25. The number of aromatic nitrogens is 1. The van der Waals surface area contributed by atoms with Crippen LogP contribution in [0.4, 0.5) is 8.78 Å². The molecule has 1 fully saturated rings. The maximum absolute atomic E-state index is 13.4. The molecular weight excluding hydrogens is 468 g/mol. The second-order valence-corrected chi connectivity index (χ2v) is 11.3. The molecule has 1 saturated heterocycles. The third kappa shape index (κ3) is 5.75. The topological polar surface area (TPSA) is 62.7 Å². The molecule has 0 spiro atoms. The monoisotopic (exact) mass is 493 g/mol. The first kappa shape index (κ1) is 23.7. The Kier molecular flexibility index (Phi) is 7.38. The molecule has 3 heterocycles. The van der Waals surface area contributed by atoms with Crippen molar-refractivity contribution in [2.75, 3.05) is 33.2 Å². The van der Waals surface area contributed by atoms with Gasteiger partial charge in [0.15, 0.2) is 11.6 Å². The summed E-state index contributed by atoms with van der Waals surface area (Å²) in [5.41, 5.74) is 0.750. The van der Waals surface area contributed by atoms with Gasteiger partial charge in [-0.3, -0.25) is 4.98 Å². The molecule has 1 aromatic carbocycles. The average molecular weight is 494 g/mol. The average Bonchev–Trinajstić information content (AvgIpc) is 3.33. The third-order valence-corrected chi connectivity index (χ3v) is 9.05. The molecule has 0 unspecified atom stereocenters. The highest BCUT2D eigenvalue weighted by Gasteiger charge is 2.25. The van der Waals surface area contributed by atoms with E-state index in [1.54, 1.807) is 25.4 Å². The van der Waals surface area contributed by atoms with Crippen LogP contribution in [0.1, 0.15) is 12.8 Å². The molecule has 0 amide bonds. The van der Waals surface area contributed by atoms with Crippen LogP contribution in [0.3, 0.4) is 0 Å². The zero-order valence-corrected chi connectivity index (χ0v) is 19.8. The molecule has 176 valence electrons. The SMILES string of the molecule is CN(CCN1CCC(Oc2ccc(F)c(F)c2)CC1)S(=O)(=O)c1ccc(-c2ccccn2)s1. The van der Waals surface area contributed by atoms with Gasteiger partial charge in [-0.15, -0.1) is 11.3 Å². The minimum Gasteiger partial charge on any atom is -0.490 e. The second-order valence-electron chi connectivity index (χ2n) is 7.89. The van der Waals surface area contributed by atoms with E-state index in [1.165, 1.54) is 21.7 Å². The Hall–Kier alpha value is -2.40. The number of halogens is 2. The molecule has 1 aliphatic heterocycles. The lowest BCUT2D eigenvalue weighted by atomic mass is 10.1. The number of likely N-dealkylation sites (N-methyl/N-ethyl adjacent to an activating group) is 1. The fraction of sp³-hybridized carbons (Fsp3) is 0.348. The van der Waals surface area contributed by atoms with Crippen molar-refractivity contribution in [1.82, 2.24) is 14.2 Å². The van der Waals surface area contributed by atoms with Gasteiger partial charge in [0, 0.05) is 45.5 Å². The zero-order chi connectivity index (χ0) is 23.4. The van der Waals surface area contributed by atoms with E-state index in [0.717, 1.165) is 48.6 Å². The van der Waals surface area contributed by atoms with Crippen molar-refractivity contribution in [3.8, 4) is 16.3 Å². The van der Waals surface area contributed by atoms with Gasteiger partial charge in [-0.2, -0.15) is 4.31 Å². The molecule has 10 heteroatoms. The summed E-state index contributed by atoms with van der Waals surface area (Å²) in [6.07, 6.45) is 3.06. The van der Waals surface area contributed by atoms with Gasteiger partial charge >= 0.3 is 0 Å². The van der Waals surface area contributed by atoms with E-state index < -0.39 is 21.7 Å². The number of hydrogen-bond acceptors (Lipinski definition) is 6. The van der Waals surface area contributed by atoms with Gasteiger partial charge in [0.05, 0.1) is 10.6 Å². The van der Waals surface area contributed by atoms with E-state index in [2.05, 4.69) is 9.88 Å². The van der Waals surface area contributed by atoms with Crippen molar-refractivity contribution in [3.63, 3.8) is 0 Å². The molecule has 2 aromatic heterocycles. The number of piperidine rings is 1. The predicted molar refractivity (Wildman–Crippen MR) is 124 cm³/mol. The van der Waals surface area contributed by atoms with Gasteiger partial charge in [0.2, 0.25) is 0 Å². The molecule has 0 atom stereocenters. The minimum absolute atomic E-state index is 0.0799. The summed E-state index contributed by atoms with van der Waals surface area (Å²) in [6, 6.07) is 12.5. The standard InChI is InChI=1S/C23H25F2N3O3S2/c1-27(33(29,30)23-8-7-22(32-23)21-4-2-3-11-26-21)14-15-28-12-9-17(10-13-28)31-18-5-6-19(24)20(25)16-18/h2-8,11,16-17H,9-10,12-15H2,1H3. The van der Waals surface area contributed by atoms with Crippen molar-refractivity contribution < 1.29 is 21.9 Å². The van der Waals surface area contributed by atoms with E-state index >= 15 is 0 Å². The largest absolute Gasteiger partial charge is 0.490 e. The molecule has 0 N–H and O–H groups in total. The highest BCUT2D eigenvalue weighted by atomic mass is 32.2. The van der Waals surface area contributed by atoms with Gasteiger partial charge in [0.25, 0.3) is 10.0 Å². The van der Waals surface area contributed by atoms with Crippen molar-refractivity contribution in [2.45, 2.75) is 23.2 Å². The molecule has 0 saturated carbocycles. The summed E-state index contributed by atoms with van der Waals surface area (Å²) in [6.45, 7) is 2.45. The van der Waals surface area contributed by atoms with Gasteiger partial charge in [-0.05, 0) is 49.2 Å². The first-order chi connectivity index (χ1) is 15.8. The lowest BCUT2D eigenvalue weighted by molar-refractivity contribution is 0.0983. The summed E-state index contributed by atoms with van der Waals surface area (Å²) in [5, 5.41) is 0. The minimum atomic E-state index is -3.58. The number of benzene rings is 1. The van der Waals surface area contributed by atoms with E-state index in [1.807, 2.05) is 18.2 Å². The van der Waals surface area contributed by atoms with Crippen molar-refractivity contribution in [2.24, 2.45) is 0 Å². The van der Waals surface area contributed by atoms with Crippen molar-refractivity contribution in [3.05, 3.63) is 66.4 Å². The van der Waals surface area contributed by atoms with Crippen LogP contribution >= 0.6 is 11.3 Å². The quantitative estimate of drug-likeness (QED) is 0.470. The van der Waals surface area contributed by atoms with E-state index in [9.17, 15) is 17.2 Å². The molecule has 3 aromatic rings. The second kappa shape index (κ2) is 10.3. The van der Waals surface area contributed by atoms with Crippen LogP contribution in [0.2, 0.25) is 0 Å². The number of nitrogens with zero attached hydrogens (tertiary/aromatic N) is 3. The number of ether oxygens (including phenoxy) is 1. The van der Waals surface area contributed by atoms with E-state index in [0.29, 0.717) is 23.0 Å². The zero-order valence-electron chi connectivity index (χ0n) is 18.2. The first-order valence-corrected chi connectivity index (χ1v) is 12.9. The number of sulfonamides is 1. The van der Waals surface area contributed by atoms with Gasteiger partial charge in [-0.25, -0.2) is 17.2 Å². The number of likely N-dealkylation sites (tertiary alicyclic amines) is 1. The summed E-state index contributed by atoms with van der Waals surface area (Å²) < 4.78 is 59.8. The Morgan fingerprint density at radius 3 is 2.61 bits per heavy atom.